The van der Waals surface area contributed by atoms with Crippen molar-refractivity contribution in [2.24, 2.45) is 0 Å². The molecule has 5 heteroatoms. The molecule has 106 valence electrons. The van der Waals surface area contributed by atoms with E-state index in [1.807, 2.05) is 43.3 Å². The van der Waals surface area contributed by atoms with Gasteiger partial charge in [-0.1, -0.05) is 35.3 Å². The molecule has 2 rings (SSSR count). The molecule has 0 aliphatic heterocycles. The molecule has 0 aliphatic rings. The summed E-state index contributed by atoms with van der Waals surface area (Å²) < 4.78 is 6.20. The second kappa shape index (κ2) is 7.21. The maximum atomic E-state index is 6.19. The Morgan fingerprint density at radius 3 is 2.40 bits per heavy atom. The first-order chi connectivity index (χ1) is 9.61. The van der Waals surface area contributed by atoms with Gasteiger partial charge in [0, 0.05) is 11.0 Å². The van der Waals surface area contributed by atoms with E-state index in [-0.39, 0.29) is 0 Å². The van der Waals surface area contributed by atoms with Gasteiger partial charge < -0.3 is 10.1 Å². The SMILES string of the molecule is CCOc1ccc(CNc2ccc(Br)c(Cl)c2Cl)cc1. The Morgan fingerprint density at radius 2 is 1.75 bits per heavy atom. The standard InChI is InChI=1S/C15H14BrCl2NO/c1-2-20-11-5-3-10(4-6-11)9-19-13-8-7-12(16)14(17)15(13)18/h3-8,19H,2,9H2,1H3. The van der Waals surface area contributed by atoms with Crippen LogP contribution < -0.4 is 10.1 Å². The van der Waals surface area contributed by atoms with Crippen molar-refractivity contribution in [3.63, 3.8) is 0 Å². The number of ether oxygens (including phenoxy) is 1. The number of rotatable bonds is 5. The van der Waals surface area contributed by atoms with E-state index in [0.717, 1.165) is 21.5 Å². The van der Waals surface area contributed by atoms with Crippen LogP contribution in [0.3, 0.4) is 0 Å². The van der Waals surface area contributed by atoms with Gasteiger partial charge >= 0.3 is 0 Å². The molecule has 0 saturated heterocycles. The smallest absolute Gasteiger partial charge is 0.119 e. The Kier molecular flexibility index (Phi) is 5.58. The third-order valence-corrected chi connectivity index (χ3v) is 4.52. The first-order valence-corrected chi connectivity index (χ1v) is 7.75. The van der Waals surface area contributed by atoms with E-state index in [1.54, 1.807) is 0 Å². The highest BCUT2D eigenvalue weighted by Crippen LogP contribution is 2.35. The molecule has 20 heavy (non-hydrogen) atoms. The van der Waals surface area contributed by atoms with Crippen LogP contribution in [0.25, 0.3) is 0 Å². The molecule has 0 atom stereocenters. The lowest BCUT2D eigenvalue weighted by Crippen LogP contribution is -2.00. The summed E-state index contributed by atoms with van der Waals surface area (Å²) in [4.78, 5) is 0. The molecule has 0 spiro atoms. The van der Waals surface area contributed by atoms with E-state index in [9.17, 15) is 0 Å². The van der Waals surface area contributed by atoms with Crippen LogP contribution in [0.4, 0.5) is 5.69 Å². The second-order valence-corrected chi connectivity index (χ2v) is 5.76. The summed E-state index contributed by atoms with van der Waals surface area (Å²) in [6, 6.07) is 11.7. The molecule has 0 unspecified atom stereocenters. The van der Waals surface area contributed by atoms with Gasteiger partial charge in [-0.25, -0.2) is 0 Å². The average molecular weight is 375 g/mol. The Balaban J connectivity index is 2.03. The minimum Gasteiger partial charge on any atom is -0.494 e. The zero-order valence-electron chi connectivity index (χ0n) is 10.9. The first-order valence-electron chi connectivity index (χ1n) is 6.21. The van der Waals surface area contributed by atoms with Gasteiger partial charge in [-0.3, -0.25) is 0 Å². The summed E-state index contributed by atoms with van der Waals surface area (Å²) in [5.74, 6) is 0.876. The largest absolute Gasteiger partial charge is 0.494 e. The van der Waals surface area contributed by atoms with E-state index in [2.05, 4.69) is 21.2 Å². The zero-order valence-corrected chi connectivity index (χ0v) is 14.0. The number of nitrogens with one attached hydrogen (secondary N) is 1. The van der Waals surface area contributed by atoms with Crippen LogP contribution in [0.2, 0.25) is 10.0 Å². The van der Waals surface area contributed by atoms with Crippen molar-refractivity contribution in [2.75, 3.05) is 11.9 Å². The van der Waals surface area contributed by atoms with Crippen molar-refractivity contribution in [3.05, 3.63) is 56.5 Å². The maximum absolute atomic E-state index is 6.19. The van der Waals surface area contributed by atoms with Gasteiger partial charge in [-0.2, -0.15) is 0 Å². The summed E-state index contributed by atoms with van der Waals surface area (Å²) in [6.45, 7) is 3.31. The van der Waals surface area contributed by atoms with E-state index < -0.39 is 0 Å². The minimum absolute atomic E-state index is 0.517. The molecule has 0 heterocycles. The molecule has 0 saturated carbocycles. The Morgan fingerprint density at radius 1 is 1.05 bits per heavy atom. The van der Waals surface area contributed by atoms with Gasteiger partial charge in [0.1, 0.15) is 5.75 Å². The molecule has 2 aromatic carbocycles. The molecule has 1 N–H and O–H groups in total. The third-order valence-electron chi connectivity index (χ3n) is 2.75. The lowest BCUT2D eigenvalue weighted by Gasteiger charge is -2.11. The van der Waals surface area contributed by atoms with Crippen LogP contribution in [0.1, 0.15) is 12.5 Å². The Hall–Kier alpha value is -0.900. The third kappa shape index (κ3) is 3.81. The fourth-order valence-electron chi connectivity index (χ4n) is 1.73. The quantitative estimate of drug-likeness (QED) is 0.671. The minimum atomic E-state index is 0.517. The number of anilines is 1. The topological polar surface area (TPSA) is 21.3 Å². The van der Waals surface area contributed by atoms with E-state index in [4.69, 9.17) is 27.9 Å². The lowest BCUT2D eigenvalue weighted by atomic mass is 10.2. The zero-order chi connectivity index (χ0) is 14.5. The Bertz CT molecular complexity index is 587. The van der Waals surface area contributed by atoms with Crippen molar-refractivity contribution in [3.8, 4) is 5.75 Å². The Labute approximate surface area is 137 Å². The highest BCUT2D eigenvalue weighted by atomic mass is 79.9. The molecule has 0 amide bonds. The van der Waals surface area contributed by atoms with Gasteiger partial charge in [0.2, 0.25) is 0 Å². The van der Waals surface area contributed by atoms with Crippen LogP contribution in [-0.4, -0.2) is 6.61 Å². The fraction of sp³-hybridized carbons (Fsp3) is 0.200. The van der Waals surface area contributed by atoms with Gasteiger partial charge in [0.25, 0.3) is 0 Å². The monoisotopic (exact) mass is 373 g/mol. The predicted molar refractivity (Wildman–Crippen MR) is 89.1 cm³/mol. The van der Waals surface area contributed by atoms with Crippen molar-refractivity contribution in [2.45, 2.75) is 13.5 Å². The molecule has 0 aromatic heterocycles. The summed E-state index contributed by atoms with van der Waals surface area (Å²) in [5, 5.41) is 4.31. The number of benzene rings is 2. The van der Waals surface area contributed by atoms with E-state index >= 15 is 0 Å². The van der Waals surface area contributed by atoms with Crippen LogP contribution in [0.5, 0.6) is 5.75 Å². The molecule has 2 aromatic rings. The van der Waals surface area contributed by atoms with E-state index in [1.165, 1.54) is 0 Å². The summed E-state index contributed by atoms with van der Waals surface area (Å²) in [6.07, 6.45) is 0. The van der Waals surface area contributed by atoms with Crippen LogP contribution in [-0.2, 0) is 6.54 Å². The molecule has 0 aliphatic carbocycles. The predicted octanol–water partition coefficient (Wildman–Crippen LogP) is 5.77. The van der Waals surface area contributed by atoms with Crippen LogP contribution in [0, 0.1) is 0 Å². The molecule has 2 nitrogen and oxygen atoms in total. The molecule has 0 fully saturated rings. The highest BCUT2D eigenvalue weighted by Gasteiger charge is 2.08. The lowest BCUT2D eigenvalue weighted by molar-refractivity contribution is 0.340. The normalized spacial score (nSPS) is 10.4. The average Bonchev–Trinajstić information content (AvgIpc) is 2.46. The van der Waals surface area contributed by atoms with Crippen molar-refractivity contribution >= 4 is 44.8 Å². The van der Waals surface area contributed by atoms with Crippen LogP contribution in [0.15, 0.2) is 40.9 Å². The molecular weight excluding hydrogens is 361 g/mol. The number of hydrogen-bond donors (Lipinski definition) is 1. The molecule has 0 bridgehead atoms. The van der Waals surface area contributed by atoms with Crippen LogP contribution >= 0.6 is 39.1 Å². The van der Waals surface area contributed by atoms with Crippen molar-refractivity contribution in [1.29, 1.82) is 0 Å². The van der Waals surface area contributed by atoms with Crippen molar-refractivity contribution in [1.82, 2.24) is 0 Å². The van der Waals surface area contributed by atoms with Gasteiger partial charge in [-0.05, 0) is 52.7 Å². The first kappa shape index (κ1) is 15.5. The van der Waals surface area contributed by atoms with Crippen molar-refractivity contribution < 1.29 is 4.74 Å². The fourth-order valence-corrected chi connectivity index (χ4v) is 2.57. The van der Waals surface area contributed by atoms with E-state index in [0.29, 0.717) is 23.2 Å². The molecule has 0 radical (unpaired) electrons. The highest BCUT2D eigenvalue weighted by molar-refractivity contribution is 9.10. The summed E-state index contributed by atoms with van der Waals surface area (Å²) >= 11 is 15.6. The molecular formula is C15H14BrCl2NO. The summed E-state index contributed by atoms with van der Waals surface area (Å²) in [7, 11) is 0. The number of halogens is 3. The van der Waals surface area contributed by atoms with Gasteiger partial charge in [0.15, 0.2) is 0 Å². The van der Waals surface area contributed by atoms with Gasteiger partial charge in [-0.15, -0.1) is 0 Å². The summed E-state index contributed by atoms with van der Waals surface area (Å²) in [5.41, 5.74) is 1.96. The maximum Gasteiger partial charge on any atom is 0.119 e. The number of hydrogen-bond acceptors (Lipinski definition) is 2. The van der Waals surface area contributed by atoms with Gasteiger partial charge in [0.05, 0.1) is 22.3 Å². The second-order valence-electron chi connectivity index (χ2n) is 4.15.